The lowest BCUT2D eigenvalue weighted by molar-refractivity contribution is 0.177. The molecule has 8 heteroatoms. The Balaban J connectivity index is 1.68. The molecule has 4 aromatic carbocycles. The molecule has 41 heavy (non-hydrogen) atoms. The van der Waals surface area contributed by atoms with Gasteiger partial charge in [-0.1, -0.05) is 97.7 Å². The Morgan fingerprint density at radius 1 is 0.878 bits per heavy atom. The van der Waals surface area contributed by atoms with E-state index in [9.17, 15) is 9.59 Å². The largest absolute Gasteiger partial charge is 0.322 e. The standard InChI is InChI=1S/C33H30Cl2N4O2/c1-3-22-17-19-24(20-18-22)39-31(36-27-15-9-8-13-25(27)32(39)40)29(4-2)38(21-23-11-6-5-7-12-23)33(41)37-28-16-10-14-26(34)30(28)35/h5-20,29H,3-4,21H2,1-2H3,(H,37,41). The highest BCUT2D eigenvalue weighted by atomic mass is 35.5. The molecule has 0 saturated carbocycles. The molecule has 208 valence electrons. The number of rotatable bonds is 8. The van der Waals surface area contributed by atoms with Gasteiger partial charge in [0.1, 0.15) is 5.82 Å². The Labute approximate surface area is 249 Å². The summed E-state index contributed by atoms with van der Waals surface area (Å²) in [6.07, 6.45) is 1.38. The van der Waals surface area contributed by atoms with Crippen molar-refractivity contribution in [3.63, 3.8) is 0 Å². The lowest BCUT2D eigenvalue weighted by Gasteiger charge is -2.32. The normalized spacial score (nSPS) is 11.8. The number of nitrogens with one attached hydrogen (secondary N) is 1. The van der Waals surface area contributed by atoms with Gasteiger partial charge in [0.15, 0.2) is 0 Å². The van der Waals surface area contributed by atoms with Crippen LogP contribution in [0, 0.1) is 0 Å². The van der Waals surface area contributed by atoms with Gasteiger partial charge in [0.25, 0.3) is 5.56 Å². The number of aromatic nitrogens is 2. The fraction of sp³-hybridized carbons (Fsp3) is 0.182. The molecule has 0 aliphatic carbocycles. The number of hydrogen-bond donors (Lipinski definition) is 1. The number of fused-ring (bicyclic) bond motifs is 1. The number of benzene rings is 4. The Morgan fingerprint density at radius 2 is 1.59 bits per heavy atom. The third-order valence-electron chi connectivity index (χ3n) is 7.12. The van der Waals surface area contributed by atoms with Gasteiger partial charge >= 0.3 is 6.03 Å². The zero-order valence-corrected chi connectivity index (χ0v) is 24.4. The molecule has 0 radical (unpaired) electrons. The van der Waals surface area contributed by atoms with Crippen LogP contribution in [0.4, 0.5) is 10.5 Å². The highest BCUT2D eigenvalue weighted by Gasteiger charge is 2.30. The highest BCUT2D eigenvalue weighted by molar-refractivity contribution is 6.43. The van der Waals surface area contributed by atoms with Crippen LogP contribution < -0.4 is 10.9 Å². The Bertz CT molecular complexity index is 1740. The SMILES string of the molecule is CCc1ccc(-n2c(C(CC)N(Cc3ccccc3)C(=O)Nc3cccc(Cl)c3Cl)nc3ccccc3c2=O)cc1. The number of anilines is 1. The molecule has 1 atom stereocenters. The molecule has 5 aromatic rings. The maximum Gasteiger partial charge on any atom is 0.322 e. The van der Waals surface area contributed by atoms with E-state index in [0.29, 0.717) is 39.5 Å². The van der Waals surface area contributed by atoms with E-state index in [2.05, 4.69) is 12.2 Å². The number of carbonyl (C=O) groups is 1. The average molecular weight is 586 g/mol. The number of para-hydroxylation sites is 1. The van der Waals surface area contributed by atoms with Crippen LogP contribution in [0.2, 0.25) is 10.0 Å². The predicted molar refractivity (Wildman–Crippen MR) is 167 cm³/mol. The molecule has 1 heterocycles. The van der Waals surface area contributed by atoms with E-state index in [-0.39, 0.29) is 23.2 Å². The van der Waals surface area contributed by atoms with Crippen LogP contribution >= 0.6 is 23.2 Å². The van der Waals surface area contributed by atoms with Gasteiger partial charge in [0, 0.05) is 6.54 Å². The monoisotopic (exact) mass is 584 g/mol. The zero-order chi connectivity index (χ0) is 28.9. The summed E-state index contributed by atoms with van der Waals surface area (Å²) in [4.78, 5) is 34.8. The number of carbonyl (C=O) groups excluding carboxylic acids is 1. The van der Waals surface area contributed by atoms with Crippen molar-refractivity contribution < 1.29 is 4.79 Å². The molecule has 1 unspecified atom stereocenters. The molecule has 6 nitrogen and oxygen atoms in total. The maximum absolute atomic E-state index is 14.0. The first-order valence-electron chi connectivity index (χ1n) is 13.6. The van der Waals surface area contributed by atoms with Crippen LogP contribution in [-0.4, -0.2) is 20.5 Å². The summed E-state index contributed by atoms with van der Waals surface area (Å²) in [7, 11) is 0. The number of halogens is 2. The summed E-state index contributed by atoms with van der Waals surface area (Å²) in [6, 6.07) is 29.0. The summed E-state index contributed by atoms with van der Waals surface area (Å²) in [5, 5.41) is 4.04. The van der Waals surface area contributed by atoms with Gasteiger partial charge in [-0.2, -0.15) is 0 Å². The van der Waals surface area contributed by atoms with Crippen molar-refractivity contribution in [3.05, 3.63) is 134 Å². The number of nitrogens with zero attached hydrogens (tertiary/aromatic N) is 3. The van der Waals surface area contributed by atoms with Crippen molar-refractivity contribution >= 4 is 45.8 Å². The quantitative estimate of drug-likeness (QED) is 0.199. The van der Waals surface area contributed by atoms with E-state index >= 15 is 0 Å². The summed E-state index contributed by atoms with van der Waals surface area (Å²) >= 11 is 12.7. The fourth-order valence-electron chi connectivity index (χ4n) is 4.94. The Morgan fingerprint density at radius 3 is 2.29 bits per heavy atom. The topological polar surface area (TPSA) is 67.2 Å². The molecule has 0 spiro atoms. The summed E-state index contributed by atoms with van der Waals surface area (Å²) in [5.74, 6) is 0.476. The van der Waals surface area contributed by atoms with Gasteiger partial charge in [0.2, 0.25) is 0 Å². The first-order chi connectivity index (χ1) is 19.9. The lowest BCUT2D eigenvalue weighted by Crippen LogP contribution is -2.40. The third kappa shape index (κ3) is 5.99. The number of hydrogen-bond acceptors (Lipinski definition) is 3. The number of aryl methyl sites for hydroxylation is 1. The van der Waals surface area contributed by atoms with Crippen LogP contribution in [0.5, 0.6) is 0 Å². The second kappa shape index (κ2) is 12.6. The van der Waals surface area contributed by atoms with Gasteiger partial charge in [-0.25, -0.2) is 9.78 Å². The van der Waals surface area contributed by atoms with E-state index in [4.69, 9.17) is 28.2 Å². The molecule has 0 fully saturated rings. The van der Waals surface area contributed by atoms with Crippen molar-refractivity contribution in [1.29, 1.82) is 0 Å². The van der Waals surface area contributed by atoms with Crippen LogP contribution in [0.25, 0.3) is 16.6 Å². The predicted octanol–water partition coefficient (Wildman–Crippen LogP) is 8.44. The molecule has 0 aliphatic heterocycles. The van der Waals surface area contributed by atoms with Crippen molar-refractivity contribution in [2.24, 2.45) is 0 Å². The summed E-state index contributed by atoms with van der Waals surface area (Å²) < 4.78 is 1.63. The van der Waals surface area contributed by atoms with Gasteiger partial charge in [0.05, 0.1) is 38.4 Å². The van der Waals surface area contributed by atoms with Crippen molar-refractivity contribution in [3.8, 4) is 5.69 Å². The van der Waals surface area contributed by atoms with Crippen molar-refractivity contribution in [1.82, 2.24) is 14.5 Å². The van der Waals surface area contributed by atoms with E-state index in [1.54, 1.807) is 33.7 Å². The first kappa shape index (κ1) is 28.4. The maximum atomic E-state index is 14.0. The van der Waals surface area contributed by atoms with E-state index in [1.165, 1.54) is 0 Å². The number of amides is 2. The molecule has 1 N–H and O–H groups in total. The smallest absolute Gasteiger partial charge is 0.310 e. The second-order valence-electron chi connectivity index (χ2n) is 9.72. The molecular formula is C33H30Cl2N4O2. The fourth-order valence-corrected chi connectivity index (χ4v) is 5.28. The minimum Gasteiger partial charge on any atom is -0.310 e. The van der Waals surface area contributed by atoms with E-state index < -0.39 is 6.04 Å². The molecular weight excluding hydrogens is 555 g/mol. The van der Waals surface area contributed by atoms with Gasteiger partial charge in [-0.05, 0) is 60.4 Å². The van der Waals surface area contributed by atoms with Crippen LogP contribution in [-0.2, 0) is 13.0 Å². The van der Waals surface area contributed by atoms with Crippen LogP contribution in [0.3, 0.4) is 0 Å². The summed E-state index contributed by atoms with van der Waals surface area (Å²) in [5.41, 5.74) is 3.57. The van der Waals surface area contributed by atoms with Gasteiger partial charge in [-0.3, -0.25) is 9.36 Å². The minimum absolute atomic E-state index is 0.189. The van der Waals surface area contributed by atoms with E-state index in [1.807, 2.05) is 79.7 Å². The van der Waals surface area contributed by atoms with Crippen molar-refractivity contribution in [2.75, 3.05) is 5.32 Å². The molecule has 0 aliphatic rings. The lowest BCUT2D eigenvalue weighted by atomic mass is 10.1. The van der Waals surface area contributed by atoms with Crippen LogP contribution in [0.1, 0.15) is 43.3 Å². The van der Waals surface area contributed by atoms with E-state index in [0.717, 1.165) is 17.5 Å². The third-order valence-corrected chi connectivity index (χ3v) is 7.93. The minimum atomic E-state index is -0.559. The molecule has 5 rings (SSSR count). The first-order valence-corrected chi connectivity index (χ1v) is 14.3. The zero-order valence-electron chi connectivity index (χ0n) is 22.9. The van der Waals surface area contributed by atoms with Crippen molar-refractivity contribution in [2.45, 2.75) is 39.3 Å². The van der Waals surface area contributed by atoms with Gasteiger partial charge < -0.3 is 10.2 Å². The average Bonchev–Trinajstić information content (AvgIpc) is 3.00. The Kier molecular flexibility index (Phi) is 8.72. The highest BCUT2D eigenvalue weighted by Crippen LogP contribution is 2.32. The second-order valence-corrected chi connectivity index (χ2v) is 10.5. The van der Waals surface area contributed by atoms with Gasteiger partial charge in [-0.15, -0.1) is 0 Å². The molecule has 1 aromatic heterocycles. The molecule has 2 amide bonds. The molecule has 0 saturated heterocycles. The summed E-state index contributed by atoms with van der Waals surface area (Å²) in [6.45, 7) is 4.35. The molecule has 0 bridgehead atoms. The Hall–Kier alpha value is -4.13. The van der Waals surface area contributed by atoms with Crippen LogP contribution in [0.15, 0.2) is 102 Å². The number of urea groups is 1.